The molecule has 2 rings (SSSR count). The Morgan fingerprint density at radius 2 is 1.02 bits per heavy atom. The standard InChI is InChI=1S/C27H39FO16/c1-12-19(10-36-13(2)29)42-26(35-9-8-28)24(21(12)38-15(4)31)44-27-25(41-18(7)34)23(40-17(6)33)22(39-16(5)32)20(43-27)11-37-14(3)30/h12,19-27H,8-11H2,1-7H3/t12-,19+,20-,21+,22-,23+,24+,25+,26+,27-/m1/s1. The summed E-state index contributed by atoms with van der Waals surface area (Å²) in [6, 6.07) is 0. The Balaban J connectivity index is 2.59. The van der Waals surface area contributed by atoms with Gasteiger partial charge < -0.3 is 47.4 Å². The van der Waals surface area contributed by atoms with Crippen LogP contribution in [0, 0.1) is 5.92 Å². The largest absolute Gasteiger partial charge is 0.463 e. The van der Waals surface area contributed by atoms with Gasteiger partial charge in [0.05, 0.1) is 6.61 Å². The van der Waals surface area contributed by atoms with E-state index in [0.29, 0.717) is 0 Å². The molecule has 44 heavy (non-hydrogen) atoms. The van der Waals surface area contributed by atoms with Crippen molar-refractivity contribution in [2.75, 3.05) is 26.5 Å². The second-order valence-electron chi connectivity index (χ2n) is 10.0. The Labute approximate surface area is 252 Å². The quantitative estimate of drug-likeness (QED) is 0.197. The lowest BCUT2D eigenvalue weighted by Gasteiger charge is -2.48. The van der Waals surface area contributed by atoms with Crippen LogP contribution in [0.2, 0.25) is 0 Å². The van der Waals surface area contributed by atoms with Gasteiger partial charge >= 0.3 is 35.8 Å². The SMILES string of the molecule is CC(=O)OC[C@@H]1O[C@H](OCCF)[C@@H](O[C@H]2O[C@H](COC(C)=O)[C@@H](OC(C)=O)[C@H](OC(C)=O)[C@@H]2OC(C)=O)[C@@H](OC(C)=O)[C@@H]1C. The van der Waals surface area contributed by atoms with Gasteiger partial charge in [0.15, 0.2) is 30.9 Å². The van der Waals surface area contributed by atoms with E-state index >= 15 is 0 Å². The lowest BCUT2D eigenvalue weighted by Crippen LogP contribution is -2.65. The first-order valence-corrected chi connectivity index (χ1v) is 13.7. The summed E-state index contributed by atoms with van der Waals surface area (Å²) in [4.78, 5) is 71.6. The first-order chi connectivity index (χ1) is 20.6. The van der Waals surface area contributed by atoms with Gasteiger partial charge in [0.25, 0.3) is 0 Å². The minimum atomic E-state index is -1.68. The number of esters is 6. The number of ether oxygens (including phenoxy) is 10. The maximum Gasteiger partial charge on any atom is 0.303 e. The molecule has 0 aromatic heterocycles. The highest BCUT2D eigenvalue weighted by molar-refractivity contribution is 5.69. The van der Waals surface area contributed by atoms with Crippen LogP contribution >= 0.6 is 0 Å². The number of carbonyl (C=O) groups is 6. The zero-order valence-electron chi connectivity index (χ0n) is 25.5. The highest BCUT2D eigenvalue weighted by Crippen LogP contribution is 2.36. The summed E-state index contributed by atoms with van der Waals surface area (Å²) in [5, 5.41) is 0. The molecule has 0 unspecified atom stereocenters. The molecular formula is C27H39FO16. The second-order valence-corrected chi connectivity index (χ2v) is 10.0. The van der Waals surface area contributed by atoms with Gasteiger partial charge in [-0.1, -0.05) is 6.92 Å². The van der Waals surface area contributed by atoms with E-state index in [0.717, 1.165) is 34.6 Å². The monoisotopic (exact) mass is 638 g/mol. The minimum absolute atomic E-state index is 0.268. The Morgan fingerprint density at radius 1 is 0.568 bits per heavy atom. The summed E-state index contributed by atoms with van der Waals surface area (Å²) in [6.07, 6.45) is -12.6. The van der Waals surface area contributed by atoms with Crippen LogP contribution in [0.15, 0.2) is 0 Å². The van der Waals surface area contributed by atoms with Crippen molar-refractivity contribution in [2.45, 2.75) is 104 Å². The average Bonchev–Trinajstić information content (AvgIpc) is 2.90. The first kappa shape index (κ1) is 36.8. The molecule has 2 fully saturated rings. The number of rotatable bonds is 13. The van der Waals surface area contributed by atoms with Gasteiger partial charge in [-0.25, -0.2) is 4.39 Å². The topological polar surface area (TPSA) is 195 Å². The van der Waals surface area contributed by atoms with Crippen LogP contribution in [0.5, 0.6) is 0 Å². The normalized spacial score (nSPS) is 31.6. The molecule has 0 N–H and O–H groups in total. The number of alkyl halides is 1. The predicted octanol–water partition coefficient (Wildman–Crippen LogP) is 0.297. The summed E-state index contributed by atoms with van der Waals surface area (Å²) in [7, 11) is 0. The molecule has 10 atom stereocenters. The van der Waals surface area contributed by atoms with Crippen LogP contribution in [0.3, 0.4) is 0 Å². The van der Waals surface area contributed by atoms with E-state index in [1.165, 1.54) is 6.92 Å². The fourth-order valence-corrected chi connectivity index (χ4v) is 4.69. The van der Waals surface area contributed by atoms with Crippen LogP contribution in [-0.2, 0) is 76.1 Å². The van der Waals surface area contributed by atoms with Crippen LogP contribution in [0.25, 0.3) is 0 Å². The molecule has 0 saturated carbocycles. The first-order valence-electron chi connectivity index (χ1n) is 13.7. The van der Waals surface area contributed by atoms with E-state index in [9.17, 15) is 33.2 Å². The molecule has 2 heterocycles. The van der Waals surface area contributed by atoms with Crippen molar-refractivity contribution in [3.05, 3.63) is 0 Å². The fraction of sp³-hybridized carbons (Fsp3) is 0.778. The summed E-state index contributed by atoms with van der Waals surface area (Å²) in [5.41, 5.74) is 0. The Bertz CT molecular complexity index is 1040. The molecule has 0 spiro atoms. The van der Waals surface area contributed by atoms with E-state index in [1.807, 2.05) is 0 Å². The second kappa shape index (κ2) is 17.2. The summed E-state index contributed by atoms with van der Waals surface area (Å²) < 4.78 is 68.7. The van der Waals surface area contributed by atoms with Crippen LogP contribution in [0.4, 0.5) is 4.39 Å². The molecule has 0 aliphatic carbocycles. The number of carbonyl (C=O) groups excluding carboxylic acids is 6. The molecule has 0 aromatic carbocycles. The summed E-state index contributed by atoms with van der Waals surface area (Å²) in [5.74, 6) is -5.36. The maximum absolute atomic E-state index is 13.2. The van der Waals surface area contributed by atoms with Crippen molar-refractivity contribution in [3.8, 4) is 0 Å². The van der Waals surface area contributed by atoms with Gasteiger partial charge in [0.2, 0.25) is 0 Å². The van der Waals surface area contributed by atoms with E-state index in [1.54, 1.807) is 6.92 Å². The predicted molar refractivity (Wildman–Crippen MR) is 139 cm³/mol. The third-order valence-electron chi connectivity index (χ3n) is 6.36. The Kier molecular flexibility index (Phi) is 14.4. The average molecular weight is 639 g/mol. The third-order valence-corrected chi connectivity index (χ3v) is 6.36. The van der Waals surface area contributed by atoms with Gasteiger partial charge in [0, 0.05) is 47.5 Å². The van der Waals surface area contributed by atoms with Gasteiger partial charge in [-0.2, -0.15) is 0 Å². The van der Waals surface area contributed by atoms with Crippen molar-refractivity contribution in [2.24, 2.45) is 5.92 Å². The molecule has 0 bridgehead atoms. The van der Waals surface area contributed by atoms with Crippen LogP contribution in [0.1, 0.15) is 48.5 Å². The van der Waals surface area contributed by atoms with Gasteiger partial charge in [0.1, 0.15) is 44.3 Å². The van der Waals surface area contributed by atoms with Crippen molar-refractivity contribution in [1.29, 1.82) is 0 Å². The molecule has 0 amide bonds. The summed E-state index contributed by atoms with van der Waals surface area (Å²) in [6.45, 7) is 6.01. The van der Waals surface area contributed by atoms with Gasteiger partial charge in [-0.15, -0.1) is 0 Å². The zero-order valence-corrected chi connectivity index (χ0v) is 25.5. The van der Waals surface area contributed by atoms with Crippen LogP contribution in [-0.4, -0.2) is 118 Å². The van der Waals surface area contributed by atoms with Crippen LogP contribution < -0.4 is 0 Å². The van der Waals surface area contributed by atoms with E-state index < -0.39 is 117 Å². The number of halogens is 1. The molecule has 250 valence electrons. The fourth-order valence-electron chi connectivity index (χ4n) is 4.69. The molecule has 16 nitrogen and oxygen atoms in total. The van der Waals surface area contributed by atoms with Gasteiger partial charge in [-0.05, 0) is 0 Å². The molecule has 17 heteroatoms. The minimum Gasteiger partial charge on any atom is -0.463 e. The van der Waals surface area contributed by atoms with E-state index in [-0.39, 0.29) is 6.61 Å². The highest BCUT2D eigenvalue weighted by atomic mass is 19.1. The smallest absolute Gasteiger partial charge is 0.303 e. The van der Waals surface area contributed by atoms with Crippen molar-refractivity contribution < 1.29 is 80.5 Å². The van der Waals surface area contributed by atoms with Crippen molar-refractivity contribution >= 4 is 35.8 Å². The highest BCUT2D eigenvalue weighted by Gasteiger charge is 2.56. The number of hydrogen-bond acceptors (Lipinski definition) is 16. The summed E-state index contributed by atoms with van der Waals surface area (Å²) >= 11 is 0. The molecule has 2 aliphatic rings. The Hall–Kier alpha value is -3.41. The lowest BCUT2D eigenvalue weighted by molar-refractivity contribution is -0.364. The van der Waals surface area contributed by atoms with E-state index in [4.69, 9.17) is 47.4 Å². The maximum atomic E-state index is 13.2. The van der Waals surface area contributed by atoms with Crippen molar-refractivity contribution in [3.63, 3.8) is 0 Å². The molecule has 0 aromatic rings. The molecule has 2 saturated heterocycles. The molecular weight excluding hydrogens is 599 g/mol. The number of hydrogen-bond donors (Lipinski definition) is 0. The third kappa shape index (κ3) is 10.9. The van der Waals surface area contributed by atoms with Crippen molar-refractivity contribution in [1.82, 2.24) is 0 Å². The zero-order chi connectivity index (χ0) is 33.1. The van der Waals surface area contributed by atoms with E-state index in [2.05, 4.69) is 0 Å². The Morgan fingerprint density at radius 3 is 1.52 bits per heavy atom. The van der Waals surface area contributed by atoms with Gasteiger partial charge in [-0.3, -0.25) is 28.8 Å². The lowest BCUT2D eigenvalue weighted by atomic mass is 9.90. The molecule has 2 aliphatic heterocycles. The molecule has 0 radical (unpaired) electrons.